The van der Waals surface area contributed by atoms with E-state index in [0.717, 1.165) is 17.4 Å². The molecule has 0 bridgehead atoms. The van der Waals surface area contributed by atoms with Crippen LogP contribution in [0.15, 0.2) is 78.9 Å². The van der Waals surface area contributed by atoms with Crippen LogP contribution in [0, 0.1) is 0 Å². The Labute approximate surface area is 175 Å². The third-order valence-corrected chi connectivity index (χ3v) is 5.31. The molecule has 0 unspecified atom stereocenters. The Hall–Kier alpha value is -2.83. The molecular formula is C22H21ClN2O3S. The predicted molar refractivity (Wildman–Crippen MR) is 117 cm³/mol. The molecule has 150 valence electrons. The van der Waals surface area contributed by atoms with Gasteiger partial charge in [-0.15, -0.1) is 0 Å². The van der Waals surface area contributed by atoms with Crippen LogP contribution in [0.5, 0.6) is 0 Å². The number of carbonyl (C=O) groups is 1. The lowest BCUT2D eigenvalue weighted by Crippen LogP contribution is -2.29. The molecule has 3 aromatic carbocycles. The Balaban J connectivity index is 1.80. The quantitative estimate of drug-likeness (QED) is 0.590. The first-order valence-corrected chi connectivity index (χ1v) is 11.3. The number of nitrogens with one attached hydrogen (secondary N) is 2. The Morgan fingerprint density at radius 3 is 2.00 bits per heavy atom. The van der Waals surface area contributed by atoms with Crippen LogP contribution in [0.4, 0.5) is 5.69 Å². The fourth-order valence-corrected chi connectivity index (χ4v) is 3.83. The Morgan fingerprint density at radius 2 is 1.48 bits per heavy atom. The third kappa shape index (κ3) is 5.82. The first-order valence-electron chi connectivity index (χ1n) is 8.99. The Morgan fingerprint density at radius 1 is 0.931 bits per heavy atom. The maximum atomic E-state index is 12.7. The molecule has 0 aliphatic heterocycles. The van der Waals surface area contributed by atoms with Gasteiger partial charge >= 0.3 is 0 Å². The lowest BCUT2D eigenvalue weighted by Gasteiger charge is -2.19. The van der Waals surface area contributed by atoms with Gasteiger partial charge in [-0.25, -0.2) is 8.42 Å². The number of sulfonamides is 1. The lowest BCUT2D eigenvalue weighted by molar-refractivity contribution is 0.0952. The van der Waals surface area contributed by atoms with E-state index >= 15 is 0 Å². The first kappa shape index (κ1) is 20.9. The van der Waals surface area contributed by atoms with E-state index in [1.54, 1.807) is 6.07 Å². The molecule has 0 aliphatic rings. The van der Waals surface area contributed by atoms with Crippen LogP contribution in [0.3, 0.4) is 0 Å². The minimum absolute atomic E-state index is 0.0118. The van der Waals surface area contributed by atoms with Crippen molar-refractivity contribution in [2.45, 2.75) is 5.92 Å². The number of hydrogen-bond acceptors (Lipinski definition) is 3. The summed E-state index contributed by atoms with van der Waals surface area (Å²) in [6.45, 7) is 0.393. The first-order chi connectivity index (χ1) is 13.8. The second-order valence-corrected chi connectivity index (χ2v) is 8.81. The molecule has 0 radical (unpaired) electrons. The summed E-state index contributed by atoms with van der Waals surface area (Å²) in [5.41, 5.74) is 2.67. The summed E-state index contributed by atoms with van der Waals surface area (Å²) in [4.78, 5) is 12.7. The van der Waals surface area contributed by atoms with Crippen LogP contribution in [0.25, 0.3) is 0 Å². The number of carbonyl (C=O) groups excluding carboxylic acids is 1. The van der Waals surface area contributed by atoms with E-state index in [4.69, 9.17) is 11.6 Å². The van der Waals surface area contributed by atoms with Gasteiger partial charge in [0.05, 0.1) is 17.0 Å². The van der Waals surface area contributed by atoms with E-state index in [1.165, 1.54) is 12.1 Å². The monoisotopic (exact) mass is 428 g/mol. The number of hydrogen-bond donors (Lipinski definition) is 2. The molecule has 1 amide bonds. The molecule has 3 aromatic rings. The molecule has 3 rings (SSSR count). The van der Waals surface area contributed by atoms with Gasteiger partial charge in [0.25, 0.3) is 5.91 Å². The maximum absolute atomic E-state index is 12.7. The lowest BCUT2D eigenvalue weighted by atomic mass is 9.91. The molecule has 5 nitrogen and oxygen atoms in total. The smallest absolute Gasteiger partial charge is 0.251 e. The van der Waals surface area contributed by atoms with Crippen molar-refractivity contribution in [3.8, 4) is 0 Å². The van der Waals surface area contributed by atoms with Crippen molar-refractivity contribution in [2.24, 2.45) is 0 Å². The Kier molecular flexibility index (Phi) is 6.56. The van der Waals surface area contributed by atoms with Gasteiger partial charge < -0.3 is 5.32 Å². The van der Waals surface area contributed by atoms with Gasteiger partial charge in [-0.3, -0.25) is 9.52 Å². The number of amides is 1. The molecule has 0 fully saturated rings. The maximum Gasteiger partial charge on any atom is 0.251 e. The normalized spacial score (nSPS) is 11.3. The average Bonchev–Trinajstić information content (AvgIpc) is 2.70. The topological polar surface area (TPSA) is 75.3 Å². The molecule has 2 N–H and O–H groups in total. The SMILES string of the molecule is CS(=O)(=O)Nc1cc(C(=O)NCC(c2ccccc2)c2ccccc2)ccc1Cl. The minimum Gasteiger partial charge on any atom is -0.351 e. The van der Waals surface area contributed by atoms with Gasteiger partial charge in [0, 0.05) is 18.0 Å². The van der Waals surface area contributed by atoms with Gasteiger partial charge in [-0.1, -0.05) is 72.3 Å². The highest BCUT2D eigenvalue weighted by molar-refractivity contribution is 7.92. The van der Waals surface area contributed by atoms with Gasteiger partial charge in [0.1, 0.15) is 0 Å². The van der Waals surface area contributed by atoms with E-state index in [0.29, 0.717) is 12.1 Å². The van der Waals surface area contributed by atoms with Crippen LogP contribution in [-0.4, -0.2) is 27.1 Å². The summed E-state index contributed by atoms with van der Waals surface area (Å²) in [5.74, 6) is -0.322. The van der Waals surface area contributed by atoms with Gasteiger partial charge in [0.2, 0.25) is 10.0 Å². The van der Waals surface area contributed by atoms with Crippen LogP contribution in [0.2, 0.25) is 5.02 Å². The van der Waals surface area contributed by atoms with Crippen molar-refractivity contribution in [2.75, 3.05) is 17.5 Å². The van der Waals surface area contributed by atoms with Crippen LogP contribution in [0.1, 0.15) is 27.4 Å². The summed E-state index contributed by atoms with van der Waals surface area (Å²) in [5, 5.41) is 3.17. The highest BCUT2D eigenvalue weighted by atomic mass is 35.5. The van der Waals surface area contributed by atoms with E-state index in [-0.39, 0.29) is 22.5 Å². The number of benzene rings is 3. The number of halogens is 1. The molecule has 0 aliphatic carbocycles. The van der Waals surface area contributed by atoms with Crippen LogP contribution >= 0.6 is 11.6 Å². The van der Waals surface area contributed by atoms with Crippen molar-refractivity contribution in [3.05, 3.63) is 101 Å². The summed E-state index contributed by atoms with van der Waals surface area (Å²) in [6, 6.07) is 24.4. The predicted octanol–water partition coefficient (Wildman–Crippen LogP) is 4.27. The highest BCUT2D eigenvalue weighted by Crippen LogP contribution is 2.25. The molecule has 0 atom stereocenters. The molecule has 0 spiro atoms. The average molecular weight is 429 g/mol. The van der Waals surface area contributed by atoms with Gasteiger partial charge in [0.15, 0.2) is 0 Å². The Bertz CT molecular complexity index is 1050. The van der Waals surface area contributed by atoms with Gasteiger partial charge in [-0.05, 0) is 29.3 Å². The zero-order valence-electron chi connectivity index (χ0n) is 15.8. The highest BCUT2D eigenvalue weighted by Gasteiger charge is 2.17. The summed E-state index contributed by atoms with van der Waals surface area (Å²) < 4.78 is 25.3. The third-order valence-electron chi connectivity index (χ3n) is 4.39. The van der Waals surface area contributed by atoms with Crippen molar-refractivity contribution in [3.63, 3.8) is 0 Å². The molecule has 29 heavy (non-hydrogen) atoms. The number of rotatable bonds is 7. The molecule has 0 saturated heterocycles. The molecule has 0 aromatic heterocycles. The van der Waals surface area contributed by atoms with E-state index in [2.05, 4.69) is 10.0 Å². The molecule has 0 saturated carbocycles. The summed E-state index contributed by atoms with van der Waals surface area (Å²) in [7, 11) is -3.51. The zero-order chi connectivity index (χ0) is 20.9. The van der Waals surface area contributed by atoms with E-state index < -0.39 is 10.0 Å². The largest absolute Gasteiger partial charge is 0.351 e. The molecular weight excluding hydrogens is 408 g/mol. The number of anilines is 1. The molecule has 0 heterocycles. The fourth-order valence-electron chi connectivity index (χ4n) is 3.04. The van der Waals surface area contributed by atoms with Gasteiger partial charge in [-0.2, -0.15) is 0 Å². The van der Waals surface area contributed by atoms with E-state index in [1.807, 2.05) is 60.7 Å². The van der Waals surface area contributed by atoms with Crippen molar-refractivity contribution >= 4 is 33.2 Å². The van der Waals surface area contributed by atoms with Crippen LogP contribution in [-0.2, 0) is 10.0 Å². The van der Waals surface area contributed by atoms with Crippen molar-refractivity contribution in [1.29, 1.82) is 0 Å². The second-order valence-electron chi connectivity index (χ2n) is 6.65. The second kappa shape index (κ2) is 9.11. The van der Waals surface area contributed by atoms with Crippen molar-refractivity contribution in [1.82, 2.24) is 5.32 Å². The fraction of sp³-hybridized carbons (Fsp3) is 0.136. The van der Waals surface area contributed by atoms with Crippen molar-refractivity contribution < 1.29 is 13.2 Å². The standard InChI is InChI=1S/C22H21ClN2O3S/c1-29(27,28)25-21-14-18(12-13-20(21)23)22(26)24-15-19(16-8-4-2-5-9-16)17-10-6-3-7-11-17/h2-14,19,25H,15H2,1H3,(H,24,26). The summed E-state index contributed by atoms with van der Waals surface area (Å²) in [6.07, 6.45) is 1.03. The van der Waals surface area contributed by atoms with Crippen LogP contribution < -0.4 is 10.0 Å². The molecule has 7 heteroatoms. The zero-order valence-corrected chi connectivity index (χ0v) is 17.4. The van der Waals surface area contributed by atoms with E-state index in [9.17, 15) is 13.2 Å². The summed E-state index contributed by atoms with van der Waals surface area (Å²) >= 11 is 6.04. The minimum atomic E-state index is -3.51.